The lowest BCUT2D eigenvalue weighted by atomic mass is 10.2. The Morgan fingerprint density at radius 3 is 2.71 bits per heavy atom. The molecule has 2 heterocycles. The number of rotatable bonds is 2. The molecule has 3 aromatic rings. The van der Waals surface area contributed by atoms with Gasteiger partial charge in [0.05, 0.1) is 11.9 Å². The zero-order chi connectivity index (χ0) is 15.0. The summed E-state index contributed by atoms with van der Waals surface area (Å²) in [6.45, 7) is 0. The Morgan fingerprint density at radius 1 is 1.24 bits per heavy atom. The number of aromatic amines is 1. The molecule has 0 aliphatic rings. The summed E-state index contributed by atoms with van der Waals surface area (Å²) in [5.41, 5.74) is 2.31. The van der Waals surface area contributed by atoms with Crippen molar-refractivity contribution in [3.8, 4) is 22.6 Å². The fraction of sp³-hybridized carbons (Fsp3) is 0.0714. The van der Waals surface area contributed by atoms with Crippen LogP contribution in [0.5, 0.6) is 0 Å². The van der Waals surface area contributed by atoms with E-state index in [0.29, 0.717) is 20.5 Å². The first-order valence-electron chi connectivity index (χ1n) is 6.08. The summed E-state index contributed by atoms with van der Waals surface area (Å²) in [6.07, 6.45) is 3.60. The predicted molar refractivity (Wildman–Crippen MR) is 84.7 cm³/mol. The summed E-state index contributed by atoms with van der Waals surface area (Å²) in [5, 5.41) is 4.13. The van der Waals surface area contributed by atoms with E-state index in [2.05, 4.69) is 31.0 Å². The van der Waals surface area contributed by atoms with Crippen molar-refractivity contribution < 1.29 is 4.39 Å². The number of nitrogens with zero attached hydrogens (tertiary/aromatic N) is 3. The highest BCUT2D eigenvalue weighted by Gasteiger charge is 2.08. The number of hydrogen-bond donors (Lipinski definition) is 1. The molecule has 2 aromatic heterocycles. The smallest absolute Gasteiger partial charge is 0.139 e. The molecule has 1 N–H and O–H groups in total. The van der Waals surface area contributed by atoms with Gasteiger partial charge in [-0.3, -0.25) is 4.68 Å². The summed E-state index contributed by atoms with van der Waals surface area (Å²) < 4.78 is 16.3. The second-order valence-electron chi connectivity index (χ2n) is 4.54. The van der Waals surface area contributed by atoms with Crippen LogP contribution in [0.25, 0.3) is 22.6 Å². The average molecular weight is 365 g/mol. The van der Waals surface area contributed by atoms with E-state index in [1.165, 1.54) is 12.1 Å². The van der Waals surface area contributed by atoms with Crippen LogP contribution in [0.15, 0.2) is 41.1 Å². The van der Waals surface area contributed by atoms with Crippen LogP contribution in [-0.4, -0.2) is 19.7 Å². The van der Waals surface area contributed by atoms with E-state index in [0.717, 1.165) is 11.3 Å². The largest absolute Gasteiger partial charge is 0.339 e. The third kappa shape index (κ3) is 3.08. The summed E-state index contributed by atoms with van der Waals surface area (Å²) in [4.78, 5) is 7.43. The lowest BCUT2D eigenvalue weighted by molar-refractivity contribution is 0.627. The molecule has 7 heteroatoms. The van der Waals surface area contributed by atoms with Crippen molar-refractivity contribution in [3.63, 3.8) is 0 Å². The molecule has 0 atom stereocenters. The molecule has 0 saturated carbocycles. The number of aryl methyl sites for hydroxylation is 1. The maximum Gasteiger partial charge on any atom is 0.139 e. The van der Waals surface area contributed by atoms with Gasteiger partial charge in [-0.2, -0.15) is 5.10 Å². The number of hydrogen-bond acceptors (Lipinski definition) is 3. The third-order valence-corrected chi connectivity index (χ3v) is 3.56. The minimum atomic E-state index is -0.340. The average Bonchev–Trinajstić information content (AvgIpc) is 2.83. The van der Waals surface area contributed by atoms with Gasteiger partial charge in [-0.1, -0.05) is 28.1 Å². The highest BCUT2D eigenvalue weighted by Crippen LogP contribution is 2.24. The number of H-pyrrole nitrogens is 1. The minimum absolute atomic E-state index is 0.340. The first-order valence-corrected chi connectivity index (χ1v) is 7.28. The Balaban J connectivity index is 2.15. The van der Waals surface area contributed by atoms with Gasteiger partial charge in [0.1, 0.15) is 16.3 Å². The van der Waals surface area contributed by atoms with Gasteiger partial charge < -0.3 is 4.98 Å². The standard InChI is InChI=1S/C14H10BrFN4S/c1-20-7-9(6-17-20)12-5-13(21)19-14(18-12)8-2-10(15)4-11(16)3-8/h2-7H,1H3,(H,18,19,21). The normalized spacial score (nSPS) is 10.8. The SMILES string of the molecule is Cn1cc(-c2cc(=S)nc(-c3cc(F)cc(Br)c3)[nH]2)cn1. The van der Waals surface area contributed by atoms with Crippen molar-refractivity contribution in [2.45, 2.75) is 0 Å². The molecule has 4 nitrogen and oxygen atoms in total. The molecule has 0 fully saturated rings. The van der Waals surface area contributed by atoms with Gasteiger partial charge in [0, 0.05) is 28.8 Å². The summed E-state index contributed by atoms with van der Waals surface area (Å²) in [7, 11) is 1.84. The van der Waals surface area contributed by atoms with Gasteiger partial charge in [0.25, 0.3) is 0 Å². The molecule has 0 aliphatic heterocycles. The third-order valence-electron chi connectivity index (χ3n) is 2.89. The van der Waals surface area contributed by atoms with E-state index in [4.69, 9.17) is 12.2 Å². The summed E-state index contributed by atoms with van der Waals surface area (Å²) >= 11 is 8.47. The monoisotopic (exact) mass is 364 g/mol. The van der Waals surface area contributed by atoms with Gasteiger partial charge in [-0.15, -0.1) is 0 Å². The molecule has 0 unspecified atom stereocenters. The Morgan fingerprint density at radius 2 is 2.05 bits per heavy atom. The Bertz CT molecular complexity index is 851. The molecule has 0 aliphatic carbocycles. The van der Waals surface area contributed by atoms with E-state index in [1.54, 1.807) is 23.0 Å². The first-order chi connectivity index (χ1) is 10.0. The van der Waals surface area contributed by atoms with Crippen molar-refractivity contribution in [3.05, 3.63) is 51.6 Å². The van der Waals surface area contributed by atoms with E-state index in [9.17, 15) is 4.39 Å². The number of halogens is 2. The molecule has 0 saturated heterocycles. The maximum absolute atomic E-state index is 13.5. The molecule has 0 radical (unpaired) electrons. The lowest BCUT2D eigenvalue weighted by Gasteiger charge is -2.05. The zero-order valence-corrected chi connectivity index (χ0v) is 13.4. The van der Waals surface area contributed by atoms with Crippen LogP contribution in [0, 0.1) is 10.5 Å². The van der Waals surface area contributed by atoms with Crippen LogP contribution in [0.3, 0.4) is 0 Å². The molecule has 21 heavy (non-hydrogen) atoms. The van der Waals surface area contributed by atoms with E-state index >= 15 is 0 Å². The van der Waals surface area contributed by atoms with Crippen molar-refractivity contribution in [1.29, 1.82) is 0 Å². The second kappa shape index (κ2) is 5.50. The Labute approximate surface area is 133 Å². The Kier molecular flexibility index (Phi) is 3.69. The van der Waals surface area contributed by atoms with Gasteiger partial charge in [-0.05, 0) is 24.3 Å². The van der Waals surface area contributed by atoms with Gasteiger partial charge >= 0.3 is 0 Å². The fourth-order valence-corrected chi connectivity index (χ4v) is 2.68. The minimum Gasteiger partial charge on any atom is -0.339 e. The van der Waals surface area contributed by atoms with E-state index in [1.807, 2.05) is 13.2 Å². The zero-order valence-electron chi connectivity index (χ0n) is 11.0. The van der Waals surface area contributed by atoms with Gasteiger partial charge in [-0.25, -0.2) is 9.37 Å². The fourth-order valence-electron chi connectivity index (χ4n) is 2.00. The van der Waals surface area contributed by atoms with E-state index < -0.39 is 0 Å². The first kappa shape index (κ1) is 14.1. The Hall–Kier alpha value is -1.86. The van der Waals surface area contributed by atoms with Crippen LogP contribution < -0.4 is 0 Å². The summed E-state index contributed by atoms with van der Waals surface area (Å²) in [5.74, 6) is 0.175. The van der Waals surface area contributed by atoms with Gasteiger partial charge in [0.2, 0.25) is 0 Å². The van der Waals surface area contributed by atoms with Crippen LogP contribution in [0.1, 0.15) is 0 Å². The number of nitrogens with one attached hydrogen (secondary N) is 1. The second-order valence-corrected chi connectivity index (χ2v) is 5.88. The van der Waals surface area contributed by atoms with Crippen molar-refractivity contribution in [2.75, 3.05) is 0 Å². The molecular formula is C14H10BrFN4S. The van der Waals surface area contributed by atoms with Crippen LogP contribution in [0.4, 0.5) is 4.39 Å². The van der Waals surface area contributed by atoms with Crippen molar-refractivity contribution in [2.24, 2.45) is 7.05 Å². The number of benzene rings is 1. The highest BCUT2D eigenvalue weighted by molar-refractivity contribution is 9.10. The quantitative estimate of drug-likeness (QED) is 0.696. The molecule has 0 amide bonds. The molecule has 0 bridgehead atoms. The molecule has 0 spiro atoms. The molecule has 106 valence electrons. The molecule has 1 aromatic carbocycles. The van der Waals surface area contributed by atoms with E-state index in [-0.39, 0.29) is 5.82 Å². The van der Waals surface area contributed by atoms with Crippen LogP contribution in [-0.2, 0) is 7.05 Å². The topological polar surface area (TPSA) is 46.5 Å². The maximum atomic E-state index is 13.5. The van der Waals surface area contributed by atoms with Gasteiger partial charge in [0.15, 0.2) is 0 Å². The molecular weight excluding hydrogens is 355 g/mol. The van der Waals surface area contributed by atoms with Crippen LogP contribution >= 0.6 is 28.1 Å². The summed E-state index contributed by atoms with van der Waals surface area (Å²) in [6, 6.07) is 6.34. The lowest BCUT2D eigenvalue weighted by Crippen LogP contribution is -1.93. The van der Waals surface area contributed by atoms with Crippen molar-refractivity contribution in [1.82, 2.24) is 19.7 Å². The number of aromatic nitrogens is 4. The van der Waals surface area contributed by atoms with Crippen LogP contribution in [0.2, 0.25) is 0 Å². The predicted octanol–water partition coefficient (Wildman–Crippen LogP) is 4.11. The van der Waals surface area contributed by atoms with Crippen molar-refractivity contribution >= 4 is 28.1 Å². The molecule has 3 rings (SSSR count). The highest BCUT2D eigenvalue weighted by atomic mass is 79.9.